The lowest BCUT2D eigenvalue weighted by molar-refractivity contribution is 0.102. The van der Waals surface area contributed by atoms with Crippen molar-refractivity contribution in [3.05, 3.63) is 70.0 Å². The predicted octanol–water partition coefficient (Wildman–Crippen LogP) is 4.32. The van der Waals surface area contributed by atoms with Crippen LogP contribution in [0.25, 0.3) is 5.69 Å². The molecule has 0 aliphatic heterocycles. The molecule has 134 valence electrons. The smallest absolute Gasteiger partial charge is 0.278 e. The number of anilines is 1. The van der Waals surface area contributed by atoms with E-state index in [4.69, 9.17) is 0 Å². The maximum Gasteiger partial charge on any atom is 0.278 e. The van der Waals surface area contributed by atoms with E-state index in [2.05, 4.69) is 35.5 Å². The quantitative estimate of drug-likeness (QED) is 0.764. The Bertz CT molecular complexity index is 972. The van der Waals surface area contributed by atoms with E-state index in [1.165, 1.54) is 5.56 Å². The van der Waals surface area contributed by atoms with Gasteiger partial charge in [-0.05, 0) is 56.9 Å². The molecule has 0 fully saturated rings. The van der Waals surface area contributed by atoms with Gasteiger partial charge in [-0.2, -0.15) is 0 Å². The van der Waals surface area contributed by atoms with E-state index in [1.54, 1.807) is 4.68 Å². The predicted molar refractivity (Wildman–Crippen MR) is 104 cm³/mol. The Balaban J connectivity index is 1.94. The van der Waals surface area contributed by atoms with Crippen LogP contribution in [-0.2, 0) is 6.42 Å². The topological polar surface area (TPSA) is 59.8 Å². The molecule has 0 atom stereocenters. The van der Waals surface area contributed by atoms with E-state index < -0.39 is 0 Å². The molecule has 0 aliphatic carbocycles. The lowest BCUT2D eigenvalue weighted by Crippen LogP contribution is -2.16. The van der Waals surface area contributed by atoms with Crippen molar-refractivity contribution in [2.45, 2.75) is 41.0 Å². The summed E-state index contributed by atoms with van der Waals surface area (Å²) in [4.78, 5) is 12.8. The normalized spacial score (nSPS) is 10.8. The zero-order valence-electron chi connectivity index (χ0n) is 15.9. The molecule has 1 N–H and O–H groups in total. The molecule has 1 aromatic heterocycles. The third kappa shape index (κ3) is 3.25. The lowest BCUT2D eigenvalue weighted by atomic mass is 10.1. The molecule has 0 saturated carbocycles. The molecular weight excluding hydrogens is 324 g/mol. The number of aromatic nitrogens is 3. The van der Waals surface area contributed by atoms with Gasteiger partial charge in [0.25, 0.3) is 5.91 Å². The monoisotopic (exact) mass is 348 g/mol. The van der Waals surface area contributed by atoms with Crippen molar-refractivity contribution in [1.29, 1.82) is 0 Å². The largest absolute Gasteiger partial charge is 0.320 e. The fraction of sp³-hybridized carbons (Fsp3) is 0.286. The number of amides is 1. The van der Waals surface area contributed by atoms with Crippen LogP contribution in [0.4, 0.5) is 5.69 Å². The van der Waals surface area contributed by atoms with Crippen LogP contribution in [0.2, 0.25) is 0 Å². The Morgan fingerprint density at radius 1 is 1.08 bits per heavy atom. The Morgan fingerprint density at radius 3 is 2.54 bits per heavy atom. The van der Waals surface area contributed by atoms with Crippen molar-refractivity contribution >= 4 is 11.6 Å². The molecule has 2 aromatic carbocycles. The summed E-state index contributed by atoms with van der Waals surface area (Å²) in [7, 11) is 0. The molecule has 0 bridgehead atoms. The number of rotatable bonds is 4. The van der Waals surface area contributed by atoms with E-state index in [1.807, 2.05) is 51.1 Å². The van der Waals surface area contributed by atoms with Gasteiger partial charge in [0.2, 0.25) is 0 Å². The van der Waals surface area contributed by atoms with Crippen molar-refractivity contribution in [2.75, 3.05) is 5.32 Å². The van der Waals surface area contributed by atoms with Gasteiger partial charge in [-0.3, -0.25) is 4.79 Å². The molecule has 3 aromatic rings. The van der Waals surface area contributed by atoms with Crippen LogP contribution in [0.3, 0.4) is 0 Å². The Labute approximate surface area is 154 Å². The number of hydrogen-bond acceptors (Lipinski definition) is 3. The number of nitrogens with one attached hydrogen (secondary N) is 1. The fourth-order valence-corrected chi connectivity index (χ4v) is 3.19. The Hall–Kier alpha value is -2.95. The average Bonchev–Trinajstić information content (AvgIpc) is 2.98. The highest BCUT2D eigenvalue weighted by atomic mass is 16.2. The van der Waals surface area contributed by atoms with Crippen molar-refractivity contribution in [3.8, 4) is 5.69 Å². The summed E-state index contributed by atoms with van der Waals surface area (Å²) >= 11 is 0. The maximum atomic E-state index is 12.8. The SMILES string of the molecule is CCc1cccc(C)c1NC(=O)c1nnn(-c2ccc(C)cc2C)c1C. The molecule has 1 heterocycles. The first-order valence-electron chi connectivity index (χ1n) is 8.82. The third-order valence-corrected chi connectivity index (χ3v) is 4.67. The lowest BCUT2D eigenvalue weighted by Gasteiger charge is -2.12. The van der Waals surface area contributed by atoms with E-state index in [0.29, 0.717) is 5.69 Å². The molecule has 1 amide bonds. The van der Waals surface area contributed by atoms with Gasteiger partial charge in [0.15, 0.2) is 5.69 Å². The summed E-state index contributed by atoms with van der Waals surface area (Å²) in [5.41, 5.74) is 7.29. The summed E-state index contributed by atoms with van der Waals surface area (Å²) in [6, 6.07) is 12.2. The number of carbonyl (C=O) groups is 1. The van der Waals surface area contributed by atoms with Crippen molar-refractivity contribution in [2.24, 2.45) is 0 Å². The van der Waals surface area contributed by atoms with Crippen molar-refractivity contribution < 1.29 is 4.79 Å². The molecule has 0 unspecified atom stereocenters. The molecule has 0 radical (unpaired) electrons. The van der Waals surface area contributed by atoms with E-state index in [9.17, 15) is 4.79 Å². The van der Waals surface area contributed by atoms with Gasteiger partial charge in [0, 0.05) is 5.69 Å². The standard InChI is InChI=1S/C21H24N4O/c1-6-17-9-7-8-14(3)19(17)22-21(26)20-16(5)25(24-23-20)18-11-10-13(2)12-15(18)4/h7-12H,6H2,1-5H3,(H,22,26). The van der Waals surface area contributed by atoms with Gasteiger partial charge in [-0.25, -0.2) is 4.68 Å². The number of carbonyl (C=O) groups excluding carboxylic acids is 1. The average molecular weight is 348 g/mol. The molecule has 3 rings (SSSR count). The van der Waals surface area contributed by atoms with Crippen LogP contribution in [0.5, 0.6) is 0 Å². The molecule has 0 saturated heterocycles. The number of aryl methyl sites for hydroxylation is 4. The Morgan fingerprint density at radius 2 is 1.85 bits per heavy atom. The molecule has 0 aliphatic rings. The van der Waals surface area contributed by atoms with E-state index >= 15 is 0 Å². The molecule has 0 spiro atoms. The molecular formula is C21H24N4O. The number of para-hydroxylation sites is 1. The first-order valence-corrected chi connectivity index (χ1v) is 8.82. The zero-order valence-corrected chi connectivity index (χ0v) is 15.9. The fourth-order valence-electron chi connectivity index (χ4n) is 3.19. The van der Waals surface area contributed by atoms with Crippen LogP contribution in [0, 0.1) is 27.7 Å². The van der Waals surface area contributed by atoms with Crippen LogP contribution in [0.1, 0.15) is 45.4 Å². The first-order chi connectivity index (χ1) is 12.4. The van der Waals surface area contributed by atoms with Gasteiger partial charge < -0.3 is 5.32 Å². The van der Waals surface area contributed by atoms with Gasteiger partial charge in [0.1, 0.15) is 0 Å². The summed E-state index contributed by atoms with van der Waals surface area (Å²) in [5, 5.41) is 11.4. The summed E-state index contributed by atoms with van der Waals surface area (Å²) in [6.07, 6.45) is 0.853. The first kappa shape index (κ1) is 17.9. The van der Waals surface area contributed by atoms with Crippen LogP contribution in [0.15, 0.2) is 36.4 Å². The van der Waals surface area contributed by atoms with Crippen LogP contribution >= 0.6 is 0 Å². The second-order valence-corrected chi connectivity index (χ2v) is 6.64. The van der Waals surface area contributed by atoms with Gasteiger partial charge in [-0.15, -0.1) is 5.10 Å². The van der Waals surface area contributed by atoms with Crippen LogP contribution in [-0.4, -0.2) is 20.9 Å². The summed E-state index contributed by atoms with van der Waals surface area (Å²) < 4.78 is 1.72. The number of nitrogens with zero attached hydrogens (tertiary/aromatic N) is 3. The third-order valence-electron chi connectivity index (χ3n) is 4.67. The van der Waals surface area contributed by atoms with Crippen molar-refractivity contribution in [3.63, 3.8) is 0 Å². The summed E-state index contributed by atoms with van der Waals surface area (Å²) in [5.74, 6) is -0.234. The highest BCUT2D eigenvalue weighted by Gasteiger charge is 2.19. The minimum atomic E-state index is -0.234. The van der Waals surface area contributed by atoms with Crippen LogP contribution < -0.4 is 5.32 Å². The van der Waals surface area contributed by atoms with Gasteiger partial charge in [0.05, 0.1) is 11.4 Å². The zero-order chi connectivity index (χ0) is 18.8. The molecule has 5 nitrogen and oxygen atoms in total. The van der Waals surface area contributed by atoms with E-state index in [-0.39, 0.29) is 5.91 Å². The van der Waals surface area contributed by atoms with Gasteiger partial charge >= 0.3 is 0 Å². The number of benzene rings is 2. The Kier molecular flexibility index (Phi) is 4.89. The minimum absolute atomic E-state index is 0.234. The highest BCUT2D eigenvalue weighted by Crippen LogP contribution is 2.23. The maximum absolute atomic E-state index is 12.8. The highest BCUT2D eigenvalue weighted by molar-refractivity contribution is 6.04. The summed E-state index contributed by atoms with van der Waals surface area (Å²) in [6.45, 7) is 10.0. The molecule has 26 heavy (non-hydrogen) atoms. The molecule has 5 heteroatoms. The van der Waals surface area contributed by atoms with Gasteiger partial charge in [-0.1, -0.05) is 48.0 Å². The second-order valence-electron chi connectivity index (χ2n) is 6.64. The van der Waals surface area contributed by atoms with Crippen molar-refractivity contribution in [1.82, 2.24) is 15.0 Å². The number of hydrogen-bond donors (Lipinski definition) is 1. The van der Waals surface area contributed by atoms with E-state index in [0.717, 1.165) is 40.2 Å². The second kappa shape index (κ2) is 7.12. The minimum Gasteiger partial charge on any atom is -0.320 e.